The minimum Gasteiger partial charge on any atom is -1.00 e. The maximum atomic E-state index is 9.81. The molecule has 0 N–H and O–H groups in total. The average Bonchev–Trinajstić information content (AvgIpc) is 1.91. The smallest absolute Gasteiger partial charge is 1.00 e. The number of carbonyl (C=O) groups is 1. The minimum absolute atomic E-state index is 0. The number of nitrogens with zero attached hydrogens (tertiary/aromatic N) is 1. The number of piperidine rings is 1. The number of hydrogen-bond donors (Lipinski definition) is 0. The van der Waals surface area contributed by atoms with Crippen LogP contribution in [0.3, 0.4) is 0 Å². The summed E-state index contributed by atoms with van der Waals surface area (Å²) < 4.78 is 0. The molecule has 1 fully saturated rings. The van der Waals surface area contributed by atoms with Crippen LogP contribution in [-0.4, -0.2) is 24.6 Å². The molecular weight excluding hydrogens is 125 g/mol. The summed E-state index contributed by atoms with van der Waals surface area (Å²) in [6, 6.07) is 0. The standard InChI is InChI=1S/C6H11NO2.Li.H/c8-6-9-7-4-2-1-3-5-7;;/h6H,1-5H2;;/q;+1;-1. The van der Waals surface area contributed by atoms with E-state index in [1.165, 1.54) is 6.42 Å². The molecule has 0 bridgehead atoms. The first-order valence-electron chi connectivity index (χ1n) is 3.29. The maximum absolute atomic E-state index is 9.81. The van der Waals surface area contributed by atoms with Gasteiger partial charge in [-0.25, -0.2) is 0 Å². The predicted molar refractivity (Wildman–Crippen MR) is 33.7 cm³/mol. The van der Waals surface area contributed by atoms with Crippen molar-refractivity contribution in [2.75, 3.05) is 13.1 Å². The molecule has 1 heterocycles. The number of rotatable bonds is 2. The third-order valence-corrected chi connectivity index (χ3v) is 1.51. The van der Waals surface area contributed by atoms with E-state index in [0.717, 1.165) is 25.9 Å². The molecule has 1 aliphatic heterocycles. The molecule has 0 unspecified atom stereocenters. The van der Waals surface area contributed by atoms with Crippen LogP contribution in [-0.2, 0) is 9.63 Å². The van der Waals surface area contributed by atoms with Crippen LogP contribution in [0.25, 0.3) is 0 Å². The van der Waals surface area contributed by atoms with E-state index in [-0.39, 0.29) is 20.3 Å². The maximum Gasteiger partial charge on any atom is 1.00 e. The zero-order valence-electron chi connectivity index (χ0n) is 7.38. The third kappa shape index (κ3) is 3.26. The van der Waals surface area contributed by atoms with Crippen molar-refractivity contribution >= 4 is 6.47 Å². The van der Waals surface area contributed by atoms with Gasteiger partial charge in [0.15, 0.2) is 0 Å². The molecule has 0 aliphatic carbocycles. The molecule has 10 heavy (non-hydrogen) atoms. The quantitative estimate of drug-likeness (QED) is 0.316. The number of hydrogen-bond acceptors (Lipinski definition) is 3. The fraction of sp³-hybridized carbons (Fsp3) is 0.833. The monoisotopic (exact) mass is 137 g/mol. The molecule has 4 heteroatoms. The molecule has 0 atom stereocenters. The largest absolute Gasteiger partial charge is 1.00 e. The van der Waals surface area contributed by atoms with Crippen molar-refractivity contribution in [3.05, 3.63) is 0 Å². The first-order valence-corrected chi connectivity index (χ1v) is 3.29. The zero-order valence-corrected chi connectivity index (χ0v) is 6.38. The molecular formula is C6H12LiNO2. The molecule has 1 saturated heterocycles. The molecule has 0 amide bonds. The van der Waals surface area contributed by atoms with E-state index in [0.29, 0.717) is 6.47 Å². The molecule has 0 aromatic heterocycles. The van der Waals surface area contributed by atoms with Crippen LogP contribution in [0, 0.1) is 0 Å². The summed E-state index contributed by atoms with van der Waals surface area (Å²) in [7, 11) is 0. The van der Waals surface area contributed by atoms with Gasteiger partial charge in [0.05, 0.1) is 0 Å². The Morgan fingerprint density at radius 1 is 1.30 bits per heavy atom. The van der Waals surface area contributed by atoms with Crippen molar-refractivity contribution < 1.29 is 29.9 Å². The molecule has 0 radical (unpaired) electrons. The van der Waals surface area contributed by atoms with E-state index in [1.807, 2.05) is 0 Å². The summed E-state index contributed by atoms with van der Waals surface area (Å²) >= 11 is 0. The first kappa shape index (κ1) is 10.0. The molecule has 0 aromatic rings. The fourth-order valence-electron chi connectivity index (χ4n) is 1.03. The van der Waals surface area contributed by atoms with Gasteiger partial charge in [-0.2, -0.15) is 0 Å². The van der Waals surface area contributed by atoms with Crippen LogP contribution in [0.15, 0.2) is 0 Å². The van der Waals surface area contributed by atoms with Crippen molar-refractivity contribution in [2.45, 2.75) is 19.3 Å². The van der Waals surface area contributed by atoms with Gasteiger partial charge in [-0.1, -0.05) is 6.42 Å². The van der Waals surface area contributed by atoms with Crippen LogP contribution < -0.4 is 18.9 Å². The second kappa shape index (κ2) is 5.79. The Kier molecular flexibility index (Phi) is 5.80. The Morgan fingerprint density at radius 2 is 1.90 bits per heavy atom. The van der Waals surface area contributed by atoms with Gasteiger partial charge in [0.25, 0.3) is 0 Å². The minimum atomic E-state index is 0. The SMILES string of the molecule is O=CON1CCCCC1.[H-].[Li+]. The van der Waals surface area contributed by atoms with Crippen LogP contribution in [0.1, 0.15) is 20.7 Å². The summed E-state index contributed by atoms with van der Waals surface area (Å²) in [5, 5.41) is 1.70. The molecule has 1 rings (SSSR count). The Balaban J connectivity index is 0. The number of hydroxylamine groups is 2. The van der Waals surface area contributed by atoms with Gasteiger partial charge in [-0.3, -0.25) is 4.79 Å². The van der Waals surface area contributed by atoms with Crippen molar-refractivity contribution in [2.24, 2.45) is 0 Å². The average molecular weight is 137 g/mol. The molecule has 1 aliphatic rings. The predicted octanol–water partition coefficient (Wildman–Crippen LogP) is -2.32. The van der Waals surface area contributed by atoms with Crippen molar-refractivity contribution in [3.8, 4) is 0 Å². The van der Waals surface area contributed by atoms with Gasteiger partial charge < -0.3 is 6.26 Å². The van der Waals surface area contributed by atoms with Gasteiger partial charge in [0, 0.05) is 13.1 Å². The summed E-state index contributed by atoms with van der Waals surface area (Å²) in [5.74, 6) is 0. The summed E-state index contributed by atoms with van der Waals surface area (Å²) in [6.45, 7) is 2.29. The first-order chi connectivity index (χ1) is 4.43. The van der Waals surface area contributed by atoms with Gasteiger partial charge in [-0.15, -0.1) is 5.06 Å². The van der Waals surface area contributed by atoms with Crippen LogP contribution in [0.4, 0.5) is 0 Å². The van der Waals surface area contributed by atoms with E-state index >= 15 is 0 Å². The Morgan fingerprint density at radius 3 is 2.40 bits per heavy atom. The van der Waals surface area contributed by atoms with E-state index < -0.39 is 0 Å². The molecule has 3 nitrogen and oxygen atoms in total. The summed E-state index contributed by atoms with van der Waals surface area (Å²) in [6.07, 6.45) is 3.56. The van der Waals surface area contributed by atoms with Gasteiger partial charge in [0.1, 0.15) is 0 Å². The van der Waals surface area contributed by atoms with Gasteiger partial charge in [0.2, 0.25) is 0 Å². The Labute approximate surface area is 74.3 Å². The summed E-state index contributed by atoms with van der Waals surface area (Å²) in [4.78, 5) is 14.4. The van der Waals surface area contributed by atoms with Crippen molar-refractivity contribution in [3.63, 3.8) is 0 Å². The van der Waals surface area contributed by atoms with E-state index in [9.17, 15) is 4.79 Å². The molecule has 54 valence electrons. The molecule has 0 spiro atoms. The van der Waals surface area contributed by atoms with Gasteiger partial charge in [-0.05, 0) is 12.8 Å². The van der Waals surface area contributed by atoms with Crippen LogP contribution in [0.5, 0.6) is 0 Å². The van der Waals surface area contributed by atoms with Gasteiger partial charge >= 0.3 is 25.3 Å². The fourth-order valence-corrected chi connectivity index (χ4v) is 1.03. The number of carbonyl (C=O) groups excluding carboxylic acids is 1. The molecule has 0 saturated carbocycles. The topological polar surface area (TPSA) is 29.5 Å². The Bertz CT molecular complexity index is 98.6. The van der Waals surface area contributed by atoms with Crippen LogP contribution >= 0.6 is 0 Å². The Hall–Kier alpha value is 0.0274. The van der Waals surface area contributed by atoms with E-state index in [2.05, 4.69) is 4.84 Å². The van der Waals surface area contributed by atoms with Crippen molar-refractivity contribution in [1.82, 2.24) is 5.06 Å². The second-order valence-electron chi connectivity index (χ2n) is 2.19. The zero-order chi connectivity index (χ0) is 6.53. The third-order valence-electron chi connectivity index (χ3n) is 1.51. The summed E-state index contributed by atoms with van der Waals surface area (Å²) in [5.41, 5.74) is 0. The second-order valence-corrected chi connectivity index (χ2v) is 2.19. The normalized spacial score (nSPS) is 19.2. The van der Waals surface area contributed by atoms with E-state index in [1.54, 1.807) is 5.06 Å². The van der Waals surface area contributed by atoms with Crippen molar-refractivity contribution in [1.29, 1.82) is 0 Å². The molecule has 0 aromatic carbocycles. The van der Waals surface area contributed by atoms with Crippen LogP contribution in [0.2, 0.25) is 0 Å². The van der Waals surface area contributed by atoms with E-state index in [4.69, 9.17) is 0 Å².